The van der Waals surface area contributed by atoms with Crippen LogP contribution in [0.3, 0.4) is 0 Å². The van der Waals surface area contributed by atoms with Crippen LogP contribution in [-0.4, -0.2) is 31.6 Å². The zero-order chi connectivity index (χ0) is 25.9. The average Bonchev–Trinajstić information content (AvgIpc) is 3.35. The van der Waals surface area contributed by atoms with Crippen LogP contribution in [0.25, 0.3) is 22.3 Å². The number of pyridine rings is 2. The molecule has 0 spiro atoms. The number of halogens is 1. The molecule has 0 saturated carbocycles. The first-order valence-electron chi connectivity index (χ1n) is 11.7. The Morgan fingerprint density at radius 1 is 0.892 bits per heavy atom. The standard InChI is InChI=1S/C28H23FN6O2/c1-17(2)35-26-21(16-31-35)20(15-24(32-26)18-8-4-3-5-9-18)27(36)34-25-14-19(29)11-12-22(25)33-28(37)23-10-6-7-13-30-23/h3-17H,1-2H3,(H,33,37)(H,34,36). The third-order valence-corrected chi connectivity index (χ3v) is 5.75. The number of carbonyl (C=O) groups excluding carboxylic acids is 2. The molecular formula is C28H23FN6O2. The predicted molar refractivity (Wildman–Crippen MR) is 140 cm³/mol. The summed E-state index contributed by atoms with van der Waals surface area (Å²) < 4.78 is 15.9. The molecule has 37 heavy (non-hydrogen) atoms. The van der Waals surface area contributed by atoms with Crippen LogP contribution in [0, 0.1) is 5.82 Å². The molecule has 2 N–H and O–H groups in total. The van der Waals surface area contributed by atoms with E-state index in [1.165, 1.54) is 18.3 Å². The number of nitrogens with one attached hydrogen (secondary N) is 2. The van der Waals surface area contributed by atoms with Crippen molar-refractivity contribution in [2.75, 3.05) is 10.6 Å². The van der Waals surface area contributed by atoms with Crippen molar-refractivity contribution in [3.8, 4) is 11.3 Å². The Bertz CT molecular complexity index is 1600. The minimum atomic E-state index is -0.566. The van der Waals surface area contributed by atoms with E-state index in [4.69, 9.17) is 4.98 Å². The maximum Gasteiger partial charge on any atom is 0.274 e. The molecule has 0 bridgehead atoms. The van der Waals surface area contributed by atoms with Crippen molar-refractivity contribution in [1.82, 2.24) is 19.7 Å². The second-order valence-electron chi connectivity index (χ2n) is 8.65. The van der Waals surface area contributed by atoms with Crippen molar-refractivity contribution in [2.45, 2.75) is 19.9 Å². The predicted octanol–water partition coefficient (Wildman–Crippen LogP) is 5.72. The second kappa shape index (κ2) is 9.98. The molecule has 2 amide bonds. The number of amides is 2. The Morgan fingerprint density at radius 3 is 2.38 bits per heavy atom. The van der Waals surface area contributed by atoms with Crippen molar-refractivity contribution in [2.24, 2.45) is 0 Å². The van der Waals surface area contributed by atoms with Crippen molar-refractivity contribution < 1.29 is 14.0 Å². The van der Waals surface area contributed by atoms with Gasteiger partial charge in [0, 0.05) is 17.8 Å². The molecule has 0 fully saturated rings. The van der Waals surface area contributed by atoms with E-state index in [0.717, 1.165) is 11.6 Å². The molecule has 0 aliphatic rings. The van der Waals surface area contributed by atoms with Crippen LogP contribution in [0.15, 0.2) is 85.2 Å². The van der Waals surface area contributed by atoms with E-state index in [9.17, 15) is 14.0 Å². The lowest BCUT2D eigenvalue weighted by molar-refractivity contribution is 0.101. The van der Waals surface area contributed by atoms with Gasteiger partial charge in [-0.3, -0.25) is 14.6 Å². The van der Waals surface area contributed by atoms with E-state index in [1.807, 2.05) is 44.2 Å². The molecule has 5 rings (SSSR count). The summed E-state index contributed by atoms with van der Waals surface area (Å²) in [4.78, 5) is 35.0. The van der Waals surface area contributed by atoms with E-state index in [2.05, 4.69) is 20.7 Å². The van der Waals surface area contributed by atoms with Gasteiger partial charge in [-0.05, 0) is 50.2 Å². The fraction of sp³-hybridized carbons (Fsp3) is 0.107. The van der Waals surface area contributed by atoms with Gasteiger partial charge in [0.05, 0.1) is 34.2 Å². The lowest BCUT2D eigenvalue weighted by Crippen LogP contribution is -2.18. The number of carbonyl (C=O) groups is 2. The molecule has 9 heteroatoms. The first-order chi connectivity index (χ1) is 17.9. The smallest absolute Gasteiger partial charge is 0.274 e. The van der Waals surface area contributed by atoms with Gasteiger partial charge in [-0.25, -0.2) is 14.1 Å². The van der Waals surface area contributed by atoms with Crippen molar-refractivity contribution in [3.63, 3.8) is 0 Å². The van der Waals surface area contributed by atoms with Gasteiger partial charge in [0.15, 0.2) is 5.65 Å². The van der Waals surface area contributed by atoms with Crippen LogP contribution in [0.2, 0.25) is 0 Å². The third-order valence-electron chi connectivity index (χ3n) is 5.75. The second-order valence-corrected chi connectivity index (χ2v) is 8.65. The van der Waals surface area contributed by atoms with Gasteiger partial charge in [-0.1, -0.05) is 36.4 Å². The van der Waals surface area contributed by atoms with Crippen LogP contribution >= 0.6 is 0 Å². The normalized spacial score (nSPS) is 11.0. The van der Waals surface area contributed by atoms with Gasteiger partial charge in [0.25, 0.3) is 11.8 Å². The highest BCUT2D eigenvalue weighted by molar-refractivity contribution is 6.14. The molecule has 184 valence electrons. The van der Waals surface area contributed by atoms with Crippen LogP contribution in [0.1, 0.15) is 40.7 Å². The van der Waals surface area contributed by atoms with Gasteiger partial charge in [-0.2, -0.15) is 5.10 Å². The molecule has 0 saturated heterocycles. The number of benzene rings is 2. The third kappa shape index (κ3) is 4.92. The number of hydrogen-bond acceptors (Lipinski definition) is 5. The first kappa shape index (κ1) is 23.8. The Hall–Kier alpha value is -4.92. The summed E-state index contributed by atoms with van der Waals surface area (Å²) in [5.41, 5.74) is 2.85. The monoisotopic (exact) mass is 494 g/mol. The van der Waals surface area contributed by atoms with E-state index in [0.29, 0.717) is 22.3 Å². The first-order valence-corrected chi connectivity index (χ1v) is 11.7. The SMILES string of the molecule is CC(C)n1ncc2c(C(=O)Nc3cc(F)ccc3NC(=O)c3ccccn3)cc(-c3ccccc3)nc21. The maximum atomic E-state index is 14.2. The summed E-state index contributed by atoms with van der Waals surface area (Å²) in [7, 11) is 0. The average molecular weight is 495 g/mol. The van der Waals surface area contributed by atoms with E-state index >= 15 is 0 Å². The number of nitrogens with zero attached hydrogens (tertiary/aromatic N) is 4. The van der Waals surface area contributed by atoms with Crippen LogP contribution in [-0.2, 0) is 0 Å². The zero-order valence-corrected chi connectivity index (χ0v) is 20.1. The number of aromatic nitrogens is 4. The fourth-order valence-electron chi connectivity index (χ4n) is 3.94. The van der Waals surface area contributed by atoms with Crippen LogP contribution < -0.4 is 10.6 Å². The molecule has 3 heterocycles. The van der Waals surface area contributed by atoms with Crippen molar-refractivity contribution in [1.29, 1.82) is 0 Å². The van der Waals surface area contributed by atoms with E-state index in [1.54, 1.807) is 35.1 Å². The lowest BCUT2D eigenvalue weighted by atomic mass is 10.1. The van der Waals surface area contributed by atoms with Gasteiger partial charge in [0.1, 0.15) is 11.5 Å². The molecular weight excluding hydrogens is 471 g/mol. The minimum absolute atomic E-state index is 0.0172. The Kier molecular flexibility index (Phi) is 6.42. The maximum absolute atomic E-state index is 14.2. The van der Waals surface area contributed by atoms with E-state index < -0.39 is 17.6 Å². The highest BCUT2D eigenvalue weighted by Crippen LogP contribution is 2.29. The molecule has 0 radical (unpaired) electrons. The van der Waals surface area contributed by atoms with Gasteiger partial charge < -0.3 is 10.6 Å². The molecule has 2 aromatic carbocycles. The van der Waals surface area contributed by atoms with Gasteiger partial charge in [-0.15, -0.1) is 0 Å². The molecule has 0 unspecified atom stereocenters. The summed E-state index contributed by atoms with van der Waals surface area (Å²) in [5.74, 6) is -1.55. The quantitative estimate of drug-likeness (QED) is 0.314. The molecule has 5 aromatic rings. The summed E-state index contributed by atoms with van der Waals surface area (Å²) in [6, 6.07) is 19.9. The van der Waals surface area contributed by atoms with Crippen molar-refractivity contribution >= 4 is 34.2 Å². The van der Waals surface area contributed by atoms with Gasteiger partial charge in [0.2, 0.25) is 0 Å². The zero-order valence-electron chi connectivity index (χ0n) is 20.1. The van der Waals surface area contributed by atoms with Gasteiger partial charge >= 0.3 is 0 Å². The van der Waals surface area contributed by atoms with Crippen molar-refractivity contribution in [3.05, 3.63) is 102 Å². The highest BCUT2D eigenvalue weighted by Gasteiger charge is 2.20. The lowest BCUT2D eigenvalue weighted by Gasteiger charge is -2.14. The summed E-state index contributed by atoms with van der Waals surface area (Å²) in [6.45, 7) is 3.96. The number of rotatable bonds is 6. The summed E-state index contributed by atoms with van der Waals surface area (Å²) in [6.07, 6.45) is 3.10. The fourth-order valence-corrected chi connectivity index (χ4v) is 3.94. The topological polar surface area (TPSA) is 102 Å². The Labute approximate surface area is 212 Å². The molecule has 8 nitrogen and oxygen atoms in total. The number of fused-ring (bicyclic) bond motifs is 1. The summed E-state index contributed by atoms with van der Waals surface area (Å²) in [5, 5.41) is 10.4. The van der Waals surface area contributed by atoms with Crippen LogP contribution in [0.5, 0.6) is 0 Å². The highest BCUT2D eigenvalue weighted by atomic mass is 19.1. The van der Waals surface area contributed by atoms with E-state index in [-0.39, 0.29) is 23.1 Å². The number of anilines is 2. The molecule has 0 aliphatic carbocycles. The molecule has 0 aliphatic heterocycles. The minimum Gasteiger partial charge on any atom is -0.320 e. The van der Waals surface area contributed by atoms with Crippen LogP contribution in [0.4, 0.5) is 15.8 Å². The Balaban J connectivity index is 1.54. The Morgan fingerprint density at radius 2 is 1.65 bits per heavy atom. The molecule has 3 aromatic heterocycles. The largest absolute Gasteiger partial charge is 0.320 e. The summed E-state index contributed by atoms with van der Waals surface area (Å²) >= 11 is 0. The number of hydrogen-bond donors (Lipinski definition) is 2. The molecule has 0 atom stereocenters.